The van der Waals surface area contributed by atoms with E-state index < -0.39 is 18.3 Å². The third-order valence-electron chi connectivity index (χ3n) is 4.21. The summed E-state index contributed by atoms with van der Waals surface area (Å²) in [4.78, 5) is 15.8. The lowest BCUT2D eigenvalue weighted by atomic mass is 10.0. The number of primary amides is 1. The predicted octanol–water partition coefficient (Wildman–Crippen LogP) is 2.18. The van der Waals surface area contributed by atoms with Gasteiger partial charge >= 0.3 is 0 Å². The highest BCUT2D eigenvalue weighted by Crippen LogP contribution is 2.24. The lowest BCUT2D eigenvalue weighted by Gasteiger charge is -2.22. The van der Waals surface area contributed by atoms with E-state index in [4.69, 9.17) is 16.2 Å². The number of nitrogens with one attached hydrogen (secondary N) is 1. The number of hydrogen-bond acceptors (Lipinski definition) is 4. The van der Waals surface area contributed by atoms with Crippen LogP contribution in [0.1, 0.15) is 31.2 Å². The van der Waals surface area contributed by atoms with E-state index in [-0.39, 0.29) is 17.5 Å². The summed E-state index contributed by atoms with van der Waals surface area (Å²) in [5.41, 5.74) is 12.3. The third kappa shape index (κ3) is 5.52. The number of ether oxygens (including phenoxy) is 1. The van der Waals surface area contributed by atoms with Crippen LogP contribution in [0.4, 0.5) is 14.5 Å². The van der Waals surface area contributed by atoms with Crippen molar-refractivity contribution >= 4 is 17.4 Å². The van der Waals surface area contributed by atoms with Gasteiger partial charge in [-0.1, -0.05) is 19.1 Å². The Morgan fingerprint density at radius 3 is 2.58 bits per heavy atom. The van der Waals surface area contributed by atoms with Gasteiger partial charge in [-0.3, -0.25) is 4.79 Å². The number of halogens is 2. The molecule has 0 aliphatic carbocycles. The predicted molar refractivity (Wildman–Crippen MR) is 96.4 cm³/mol. The molecule has 26 heavy (non-hydrogen) atoms. The minimum Gasteiger partial charge on any atom is -0.385 e. The summed E-state index contributed by atoms with van der Waals surface area (Å²) in [7, 11) is 0. The van der Waals surface area contributed by atoms with Crippen molar-refractivity contribution < 1.29 is 18.3 Å². The molecule has 2 unspecified atom stereocenters. The van der Waals surface area contributed by atoms with Crippen LogP contribution in [0.15, 0.2) is 41.0 Å². The Bertz CT molecular complexity index is 668. The monoisotopic (exact) mass is 366 g/mol. The van der Waals surface area contributed by atoms with E-state index in [2.05, 4.69) is 10.3 Å². The largest absolute Gasteiger partial charge is 0.385 e. The summed E-state index contributed by atoms with van der Waals surface area (Å²) in [6, 6.07) is 6.35. The molecule has 1 saturated heterocycles. The van der Waals surface area contributed by atoms with Gasteiger partial charge < -0.3 is 21.5 Å². The maximum Gasteiger partial charge on any atom is 0.253 e. The Balaban J connectivity index is 2.11. The number of nitrogens with two attached hydrogens (primary N) is 2. The standard InChI is InChI=1S/C18H24F2N4O2/c1-11(16(19)20)12-4-6-13(7-5-12)24-17(21)15(18(22)25)9-23-14-3-2-8-26-10-14/h4-7,9,11,14,16,23H,2-3,8,10H2,1H3,(H2,21,24)(H2,22,25)/b15-9+. The van der Waals surface area contributed by atoms with E-state index >= 15 is 0 Å². The summed E-state index contributed by atoms with van der Waals surface area (Å²) >= 11 is 0. The molecule has 1 fully saturated rings. The van der Waals surface area contributed by atoms with Gasteiger partial charge in [0.05, 0.1) is 17.9 Å². The van der Waals surface area contributed by atoms with Crippen molar-refractivity contribution in [2.75, 3.05) is 13.2 Å². The molecule has 1 aliphatic rings. The van der Waals surface area contributed by atoms with Gasteiger partial charge in [0, 0.05) is 24.8 Å². The number of alkyl halides is 2. The van der Waals surface area contributed by atoms with Gasteiger partial charge in [0.15, 0.2) is 0 Å². The number of aliphatic imine (C=N–C) groups is 1. The Morgan fingerprint density at radius 1 is 1.35 bits per heavy atom. The number of hydrogen-bond donors (Lipinski definition) is 3. The molecule has 5 N–H and O–H groups in total. The molecule has 1 amide bonds. The van der Waals surface area contributed by atoms with Gasteiger partial charge in [0.1, 0.15) is 5.84 Å². The number of nitrogens with zero attached hydrogens (tertiary/aromatic N) is 1. The average molecular weight is 366 g/mol. The number of amidine groups is 1. The van der Waals surface area contributed by atoms with Gasteiger partial charge in [-0.05, 0) is 30.5 Å². The molecule has 1 aromatic carbocycles. The van der Waals surface area contributed by atoms with Gasteiger partial charge in [-0.25, -0.2) is 13.8 Å². The molecule has 2 atom stereocenters. The first-order chi connectivity index (χ1) is 12.4. The molecule has 1 heterocycles. The smallest absolute Gasteiger partial charge is 0.253 e. The van der Waals surface area contributed by atoms with Crippen LogP contribution in [0, 0.1) is 0 Å². The van der Waals surface area contributed by atoms with Crippen molar-refractivity contribution in [2.24, 2.45) is 16.5 Å². The molecule has 2 rings (SSSR count). The quantitative estimate of drug-likeness (QED) is 0.391. The highest BCUT2D eigenvalue weighted by atomic mass is 19.3. The number of benzene rings is 1. The zero-order valence-corrected chi connectivity index (χ0v) is 14.6. The first-order valence-electron chi connectivity index (χ1n) is 8.45. The van der Waals surface area contributed by atoms with Crippen LogP contribution in [0.25, 0.3) is 0 Å². The third-order valence-corrected chi connectivity index (χ3v) is 4.21. The van der Waals surface area contributed by atoms with E-state index in [0.29, 0.717) is 17.9 Å². The van der Waals surface area contributed by atoms with Crippen molar-refractivity contribution in [3.05, 3.63) is 41.6 Å². The fourth-order valence-corrected chi connectivity index (χ4v) is 2.54. The van der Waals surface area contributed by atoms with E-state index in [9.17, 15) is 13.6 Å². The molecule has 0 bridgehead atoms. The summed E-state index contributed by atoms with van der Waals surface area (Å²) in [5, 5.41) is 3.07. The Morgan fingerprint density at radius 2 is 2.04 bits per heavy atom. The van der Waals surface area contributed by atoms with Crippen molar-refractivity contribution in [2.45, 2.75) is 38.2 Å². The van der Waals surface area contributed by atoms with Crippen LogP contribution in [0.5, 0.6) is 0 Å². The number of carbonyl (C=O) groups excluding carboxylic acids is 1. The molecule has 0 saturated carbocycles. The van der Waals surface area contributed by atoms with E-state index in [1.54, 1.807) is 24.3 Å². The molecular formula is C18H24F2N4O2. The van der Waals surface area contributed by atoms with Crippen molar-refractivity contribution in [3.63, 3.8) is 0 Å². The molecular weight excluding hydrogens is 342 g/mol. The fourth-order valence-electron chi connectivity index (χ4n) is 2.54. The minimum absolute atomic E-state index is 0.0450. The zero-order valence-electron chi connectivity index (χ0n) is 14.6. The molecule has 142 valence electrons. The molecule has 8 heteroatoms. The highest BCUT2D eigenvalue weighted by Gasteiger charge is 2.17. The van der Waals surface area contributed by atoms with Gasteiger partial charge in [-0.15, -0.1) is 0 Å². The minimum atomic E-state index is -2.44. The van der Waals surface area contributed by atoms with E-state index in [1.165, 1.54) is 13.1 Å². The van der Waals surface area contributed by atoms with Crippen LogP contribution in [-0.2, 0) is 9.53 Å². The normalized spacial score (nSPS) is 20.1. The van der Waals surface area contributed by atoms with Gasteiger partial charge in [0.25, 0.3) is 5.91 Å². The maximum absolute atomic E-state index is 12.7. The topological polar surface area (TPSA) is 103 Å². The first kappa shape index (κ1) is 19.8. The second-order valence-corrected chi connectivity index (χ2v) is 6.21. The summed E-state index contributed by atoms with van der Waals surface area (Å²) in [6.07, 6.45) is 0.871. The Hall–Kier alpha value is -2.48. The second kappa shape index (κ2) is 9.28. The van der Waals surface area contributed by atoms with Crippen molar-refractivity contribution in [1.29, 1.82) is 0 Å². The molecule has 0 spiro atoms. The van der Waals surface area contributed by atoms with Crippen LogP contribution in [0.3, 0.4) is 0 Å². The molecule has 1 aromatic rings. The Labute approximate surface area is 151 Å². The summed E-state index contributed by atoms with van der Waals surface area (Å²) in [5.74, 6) is -1.62. The second-order valence-electron chi connectivity index (χ2n) is 6.21. The fraction of sp³-hybridized carbons (Fsp3) is 0.444. The highest BCUT2D eigenvalue weighted by molar-refractivity contribution is 6.20. The zero-order chi connectivity index (χ0) is 19.1. The number of rotatable bonds is 7. The van der Waals surface area contributed by atoms with E-state index in [1.807, 2.05) is 0 Å². The van der Waals surface area contributed by atoms with Crippen molar-refractivity contribution in [1.82, 2.24) is 5.32 Å². The molecule has 1 aliphatic heterocycles. The lowest BCUT2D eigenvalue weighted by Crippen LogP contribution is -2.36. The molecule has 0 aromatic heterocycles. The summed E-state index contributed by atoms with van der Waals surface area (Å²) in [6.45, 7) is 2.73. The average Bonchev–Trinajstić information content (AvgIpc) is 2.62. The SMILES string of the molecule is CC(c1ccc(N=C(N)/C(=C\NC2CCCOC2)C(N)=O)cc1)C(F)F. The van der Waals surface area contributed by atoms with Crippen LogP contribution < -0.4 is 16.8 Å². The van der Waals surface area contributed by atoms with Gasteiger partial charge in [0.2, 0.25) is 6.43 Å². The maximum atomic E-state index is 12.7. The van der Waals surface area contributed by atoms with Gasteiger partial charge in [-0.2, -0.15) is 0 Å². The van der Waals surface area contributed by atoms with E-state index in [0.717, 1.165) is 19.4 Å². The first-order valence-corrected chi connectivity index (χ1v) is 8.45. The summed E-state index contributed by atoms with van der Waals surface area (Å²) < 4.78 is 30.8. The van der Waals surface area contributed by atoms with Crippen LogP contribution in [-0.4, -0.2) is 37.4 Å². The molecule has 0 radical (unpaired) electrons. The number of amides is 1. The Kier molecular flexibility index (Phi) is 7.08. The van der Waals surface area contributed by atoms with Crippen LogP contribution in [0.2, 0.25) is 0 Å². The van der Waals surface area contributed by atoms with Crippen LogP contribution >= 0.6 is 0 Å². The lowest BCUT2D eigenvalue weighted by molar-refractivity contribution is -0.114. The number of carbonyl (C=O) groups is 1. The van der Waals surface area contributed by atoms with Crippen molar-refractivity contribution in [3.8, 4) is 0 Å². The molecule has 6 nitrogen and oxygen atoms in total.